The maximum atomic E-state index is 13.0. The lowest BCUT2D eigenvalue weighted by Gasteiger charge is -2.14. The van der Waals surface area contributed by atoms with Crippen molar-refractivity contribution in [1.29, 1.82) is 0 Å². The first-order valence-electron chi connectivity index (χ1n) is 11.3. The van der Waals surface area contributed by atoms with Crippen molar-refractivity contribution in [3.05, 3.63) is 94.0 Å². The number of fused-ring (bicyclic) bond motifs is 1. The van der Waals surface area contributed by atoms with Crippen LogP contribution in [0.25, 0.3) is 0 Å². The molecular formula is C28H24N2O6. The van der Waals surface area contributed by atoms with Gasteiger partial charge in [-0.2, -0.15) is 0 Å². The van der Waals surface area contributed by atoms with E-state index in [2.05, 4.69) is 5.32 Å². The maximum Gasteiger partial charge on any atom is 0.338 e. The number of hydrogen-bond acceptors (Lipinski definition) is 6. The van der Waals surface area contributed by atoms with Crippen molar-refractivity contribution in [1.82, 2.24) is 0 Å². The molecule has 3 aromatic rings. The van der Waals surface area contributed by atoms with E-state index in [9.17, 15) is 24.0 Å². The number of esters is 1. The van der Waals surface area contributed by atoms with Crippen molar-refractivity contribution in [3.63, 3.8) is 0 Å². The first-order valence-corrected chi connectivity index (χ1v) is 11.3. The van der Waals surface area contributed by atoms with Crippen molar-refractivity contribution < 1.29 is 28.7 Å². The normalized spacial score (nSPS) is 13.3. The van der Waals surface area contributed by atoms with E-state index in [0.29, 0.717) is 16.9 Å². The molecule has 8 heteroatoms. The fourth-order valence-electron chi connectivity index (χ4n) is 3.91. The SMILES string of the molecule is CC(=O)Nc1ccc(N2C(=O)c3ccc(C(=O)OC(C)C(=O)c4ccc(C)c(C)c4)cc3C2=O)cc1. The second kappa shape index (κ2) is 9.58. The molecule has 0 aromatic heterocycles. The fourth-order valence-corrected chi connectivity index (χ4v) is 3.91. The minimum atomic E-state index is -1.04. The van der Waals surface area contributed by atoms with Gasteiger partial charge in [0.1, 0.15) is 0 Å². The second-order valence-electron chi connectivity index (χ2n) is 8.64. The predicted octanol–water partition coefficient (Wildman–Crippen LogP) is 4.49. The zero-order chi connectivity index (χ0) is 26.1. The van der Waals surface area contributed by atoms with Crippen LogP contribution in [0.15, 0.2) is 60.7 Å². The second-order valence-corrected chi connectivity index (χ2v) is 8.64. The predicted molar refractivity (Wildman–Crippen MR) is 133 cm³/mol. The molecular weight excluding hydrogens is 460 g/mol. The number of aryl methyl sites for hydroxylation is 2. The Hall–Kier alpha value is -4.59. The Kier molecular flexibility index (Phi) is 6.53. The third-order valence-corrected chi connectivity index (χ3v) is 6.01. The van der Waals surface area contributed by atoms with Gasteiger partial charge in [0.25, 0.3) is 11.8 Å². The number of carbonyl (C=O) groups excluding carboxylic acids is 5. The molecule has 1 N–H and O–H groups in total. The molecule has 8 nitrogen and oxygen atoms in total. The van der Waals surface area contributed by atoms with Crippen LogP contribution in [0.1, 0.15) is 66.4 Å². The Morgan fingerprint density at radius 1 is 0.806 bits per heavy atom. The fraction of sp³-hybridized carbons (Fsp3) is 0.179. The summed E-state index contributed by atoms with van der Waals surface area (Å²) in [4.78, 5) is 63.7. The van der Waals surface area contributed by atoms with Crippen molar-refractivity contribution in [2.75, 3.05) is 10.2 Å². The van der Waals surface area contributed by atoms with E-state index < -0.39 is 23.9 Å². The van der Waals surface area contributed by atoms with Crippen LogP contribution >= 0.6 is 0 Å². The van der Waals surface area contributed by atoms with E-state index in [1.54, 1.807) is 36.4 Å². The van der Waals surface area contributed by atoms with Gasteiger partial charge < -0.3 is 10.1 Å². The molecule has 1 unspecified atom stereocenters. The van der Waals surface area contributed by atoms with Crippen LogP contribution in [0.5, 0.6) is 0 Å². The summed E-state index contributed by atoms with van der Waals surface area (Å²) in [5.41, 5.74) is 3.56. The molecule has 0 spiro atoms. The highest BCUT2D eigenvalue weighted by atomic mass is 16.5. The van der Waals surface area contributed by atoms with Crippen molar-refractivity contribution in [2.24, 2.45) is 0 Å². The highest BCUT2D eigenvalue weighted by Gasteiger charge is 2.37. The van der Waals surface area contributed by atoms with E-state index in [1.807, 2.05) is 19.9 Å². The quantitative estimate of drug-likeness (QED) is 0.314. The number of nitrogens with zero attached hydrogens (tertiary/aromatic N) is 1. The van der Waals surface area contributed by atoms with E-state index in [-0.39, 0.29) is 28.4 Å². The van der Waals surface area contributed by atoms with Crippen LogP contribution in [-0.2, 0) is 9.53 Å². The van der Waals surface area contributed by atoms with Gasteiger partial charge in [-0.05, 0) is 80.4 Å². The highest BCUT2D eigenvalue weighted by molar-refractivity contribution is 6.34. The molecule has 0 saturated heterocycles. The molecule has 1 aliphatic heterocycles. The van der Waals surface area contributed by atoms with Crippen LogP contribution in [0, 0.1) is 13.8 Å². The van der Waals surface area contributed by atoms with Gasteiger partial charge in [-0.15, -0.1) is 0 Å². The maximum absolute atomic E-state index is 13.0. The lowest BCUT2D eigenvalue weighted by molar-refractivity contribution is -0.114. The Morgan fingerprint density at radius 2 is 1.44 bits per heavy atom. The number of rotatable bonds is 6. The largest absolute Gasteiger partial charge is 0.451 e. The summed E-state index contributed by atoms with van der Waals surface area (Å²) in [7, 11) is 0. The molecule has 1 aliphatic rings. The molecule has 4 rings (SSSR count). The molecule has 0 fully saturated rings. The smallest absolute Gasteiger partial charge is 0.338 e. The monoisotopic (exact) mass is 484 g/mol. The molecule has 0 aliphatic carbocycles. The van der Waals surface area contributed by atoms with Crippen LogP contribution in [0.4, 0.5) is 11.4 Å². The first kappa shape index (κ1) is 24.5. The molecule has 3 amide bonds. The number of benzene rings is 3. The Bertz CT molecular complexity index is 1420. The lowest BCUT2D eigenvalue weighted by Crippen LogP contribution is -2.29. The number of ether oxygens (including phenoxy) is 1. The third-order valence-electron chi connectivity index (χ3n) is 6.01. The summed E-state index contributed by atoms with van der Waals surface area (Å²) < 4.78 is 5.37. The van der Waals surface area contributed by atoms with Gasteiger partial charge in [0, 0.05) is 18.2 Å². The standard InChI is InChI=1S/C28H24N2O6/c1-15-5-6-19(13-16(15)2)25(32)17(3)36-28(35)20-7-12-23-24(14-20)27(34)30(26(23)33)22-10-8-21(9-11-22)29-18(4)31/h5-14,17H,1-4H3,(H,29,31). The van der Waals surface area contributed by atoms with Crippen molar-refractivity contribution >= 4 is 40.8 Å². The van der Waals surface area contributed by atoms with E-state index >= 15 is 0 Å². The Morgan fingerprint density at radius 3 is 2.08 bits per heavy atom. The van der Waals surface area contributed by atoms with Crippen LogP contribution in [-0.4, -0.2) is 35.6 Å². The summed E-state index contributed by atoms with van der Waals surface area (Å²) in [6.07, 6.45) is -1.04. The lowest BCUT2D eigenvalue weighted by atomic mass is 10.0. The van der Waals surface area contributed by atoms with Crippen molar-refractivity contribution in [2.45, 2.75) is 33.8 Å². The third kappa shape index (κ3) is 4.65. The number of imide groups is 1. The van der Waals surface area contributed by atoms with Gasteiger partial charge in [-0.3, -0.25) is 19.2 Å². The van der Waals surface area contributed by atoms with Gasteiger partial charge in [-0.1, -0.05) is 12.1 Å². The van der Waals surface area contributed by atoms with Crippen LogP contribution in [0.3, 0.4) is 0 Å². The topological polar surface area (TPSA) is 110 Å². The van der Waals surface area contributed by atoms with Crippen molar-refractivity contribution in [3.8, 4) is 0 Å². The van der Waals surface area contributed by atoms with Gasteiger partial charge in [0.15, 0.2) is 6.10 Å². The zero-order valence-electron chi connectivity index (χ0n) is 20.2. The summed E-state index contributed by atoms with van der Waals surface area (Å²) >= 11 is 0. The molecule has 3 aromatic carbocycles. The number of hydrogen-bond donors (Lipinski definition) is 1. The van der Waals surface area contributed by atoms with E-state index in [0.717, 1.165) is 16.0 Å². The molecule has 0 radical (unpaired) electrons. The number of amides is 3. The van der Waals surface area contributed by atoms with E-state index in [4.69, 9.17) is 4.74 Å². The average molecular weight is 485 g/mol. The minimum absolute atomic E-state index is 0.0532. The first-order chi connectivity index (χ1) is 17.1. The Balaban J connectivity index is 1.51. The summed E-state index contributed by atoms with van der Waals surface area (Å²) in [6, 6.07) is 15.6. The molecule has 182 valence electrons. The molecule has 36 heavy (non-hydrogen) atoms. The molecule has 0 bridgehead atoms. The molecule has 1 heterocycles. The Labute approximate surface area is 207 Å². The summed E-state index contributed by atoms with van der Waals surface area (Å²) in [5, 5.41) is 2.62. The number of ketones is 1. The summed E-state index contributed by atoms with van der Waals surface area (Å²) in [5.74, 6) is -2.47. The number of Topliss-reactive ketones (excluding diaryl/α,β-unsaturated/α-hetero) is 1. The average Bonchev–Trinajstić information content (AvgIpc) is 3.09. The van der Waals surface area contributed by atoms with Gasteiger partial charge in [-0.25, -0.2) is 9.69 Å². The number of carbonyl (C=O) groups is 5. The van der Waals surface area contributed by atoms with Gasteiger partial charge in [0.05, 0.1) is 22.4 Å². The minimum Gasteiger partial charge on any atom is -0.451 e. The van der Waals surface area contributed by atoms with Crippen LogP contribution in [0.2, 0.25) is 0 Å². The van der Waals surface area contributed by atoms with Gasteiger partial charge >= 0.3 is 5.97 Å². The van der Waals surface area contributed by atoms with Gasteiger partial charge in [0.2, 0.25) is 11.7 Å². The van der Waals surface area contributed by atoms with Crippen LogP contribution < -0.4 is 10.2 Å². The van der Waals surface area contributed by atoms with E-state index in [1.165, 1.54) is 32.0 Å². The number of nitrogens with one attached hydrogen (secondary N) is 1. The molecule has 0 saturated carbocycles. The number of anilines is 2. The highest BCUT2D eigenvalue weighted by Crippen LogP contribution is 2.30. The zero-order valence-corrected chi connectivity index (χ0v) is 20.2. The molecule has 1 atom stereocenters. The summed E-state index contributed by atoms with van der Waals surface area (Å²) in [6.45, 7) is 6.70.